The highest BCUT2D eigenvalue weighted by molar-refractivity contribution is 7.98. The van der Waals surface area contributed by atoms with E-state index in [0.29, 0.717) is 12.3 Å². The zero-order valence-corrected chi connectivity index (χ0v) is 10.9. The molecule has 3 rings (SSSR count). The first-order chi connectivity index (χ1) is 8.74. The number of nitrogens with zero attached hydrogens (tertiary/aromatic N) is 4. The highest BCUT2D eigenvalue weighted by Crippen LogP contribution is 2.31. The van der Waals surface area contributed by atoms with Gasteiger partial charge in [0.25, 0.3) is 0 Å². The first-order valence-electron chi connectivity index (χ1n) is 5.68. The Morgan fingerprint density at radius 1 is 1.61 bits per heavy atom. The second-order valence-corrected chi connectivity index (χ2v) is 5.03. The van der Waals surface area contributed by atoms with Crippen molar-refractivity contribution in [3.8, 4) is 6.07 Å². The van der Waals surface area contributed by atoms with E-state index in [-0.39, 0.29) is 12.1 Å². The van der Waals surface area contributed by atoms with E-state index >= 15 is 0 Å². The lowest BCUT2D eigenvalue weighted by molar-refractivity contribution is -0.0918. The first-order valence-corrected chi connectivity index (χ1v) is 6.90. The van der Waals surface area contributed by atoms with Crippen LogP contribution in [0.4, 0.5) is 0 Å². The van der Waals surface area contributed by atoms with Crippen molar-refractivity contribution in [2.24, 2.45) is 0 Å². The summed E-state index contributed by atoms with van der Waals surface area (Å²) in [6.07, 6.45) is 3.84. The maximum absolute atomic E-state index is 9.24. The molecule has 2 aromatic rings. The van der Waals surface area contributed by atoms with Crippen molar-refractivity contribution < 1.29 is 4.74 Å². The average molecular weight is 260 g/mol. The molecule has 3 heterocycles. The van der Waals surface area contributed by atoms with Crippen molar-refractivity contribution in [1.82, 2.24) is 14.5 Å². The van der Waals surface area contributed by atoms with E-state index in [1.54, 1.807) is 6.20 Å². The SMILES string of the molecule is CSc1ncc2cc(C#N)n(C3COC3C)c2n1. The Morgan fingerprint density at radius 2 is 2.44 bits per heavy atom. The van der Waals surface area contributed by atoms with E-state index in [1.807, 2.05) is 23.8 Å². The third-order valence-electron chi connectivity index (χ3n) is 3.25. The van der Waals surface area contributed by atoms with Gasteiger partial charge in [0, 0.05) is 11.6 Å². The Bertz CT molecular complexity index is 645. The van der Waals surface area contributed by atoms with Crippen LogP contribution in [0.25, 0.3) is 11.0 Å². The van der Waals surface area contributed by atoms with Crippen molar-refractivity contribution in [2.45, 2.75) is 24.2 Å². The third-order valence-corrected chi connectivity index (χ3v) is 3.82. The summed E-state index contributed by atoms with van der Waals surface area (Å²) >= 11 is 1.50. The number of hydrogen-bond acceptors (Lipinski definition) is 5. The van der Waals surface area contributed by atoms with Gasteiger partial charge in [-0.2, -0.15) is 5.26 Å². The van der Waals surface area contributed by atoms with Crippen LogP contribution in [0.5, 0.6) is 0 Å². The van der Waals surface area contributed by atoms with Gasteiger partial charge in [-0.1, -0.05) is 11.8 Å². The maximum atomic E-state index is 9.24. The highest BCUT2D eigenvalue weighted by Gasteiger charge is 2.32. The molecule has 18 heavy (non-hydrogen) atoms. The van der Waals surface area contributed by atoms with Crippen molar-refractivity contribution >= 4 is 22.8 Å². The van der Waals surface area contributed by atoms with E-state index < -0.39 is 0 Å². The summed E-state index contributed by atoms with van der Waals surface area (Å²) in [5.74, 6) is 0. The van der Waals surface area contributed by atoms with Gasteiger partial charge in [-0.15, -0.1) is 0 Å². The summed E-state index contributed by atoms with van der Waals surface area (Å²) in [7, 11) is 0. The molecule has 0 bridgehead atoms. The van der Waals surface area contributed by atoms with Crippen molar-refractivity contribution in [3.05, 3.63) is 18.0 Å². The Balaban J connectivity index is 2.22. The van der Waals surface area contributed by atoms with Gasteiger partial charge in [0.05, 0.1) is 18.8 Å². The number of aromatic nitrogens is 3. The number of nitriles is 1. The van der Waals surface area contributed by atoms with E-state index in [0.717, 1.165) is 16.2 Å². The van der Waals surface area contributed by atoms with E-state index in [2.05, 4.69) is 16.0 Å². The van der Waals surface area contributed by atoms with E-state index in [1.165, 1.54) is 11.8 Å². The fraction of sp³-hybridized carbons (Fsp3) is 0.417. The highest BCUT2D eigenvalue weighted by atomic mass is 32.2. The molecule has 2 aromatic heterocycles. The van der Waals surface area contributed by atoms with Crippen LogP contribution in [0.2, 0.25) is 0 Å². The van der Waals surface area contributed by atoms with Gasteiger partial charge < -0.3 is 9.30 Å². The summed E-state index contributed by atoms with van der Waals surface area (Å²) in [4.78, 5) is 8.74. The van der Waals surface area contributed by atoms with Crippen LogP contribution >= 0.6 is 11.8 Å². The van der Waals surface area contributed by atoms with Crippen LogP contribution in [0.3, 0.4) is 0 Å². The summed E-state index contributed by atoms with van der Waals surface area (Å²) in [5.41, 5.74) is 1.45. The summed E-state index contributed by atoms with van der Waals surface area (Å²) in [6, 6.07) is 4.26. The third kappa shape index (κ3) is 1.59. The Labute approximate surface area is 109 Å². The standard InChI is InChI=1S/C12H12N4OS/c1-7-10(6-17-7)16-9(4-13)3-8-5-14-12(18-2)15-11(8)16/h3,5,7,10H,6H2,1-2H3. The molecule has 0 radical (unpaired) electrons. The smallest absolute Gasteiger partial charge is 0.189 e. The number of ether oxygens (including phenoxy) is 1. The molecular formula is C12H12N4OS. The summed E-state index contributed by atoms with van der Waals surface area (Å²) in [5, 5.41) is 10.9. The number of hydrogen-bond donors (Lipinski definition) is 0. The normalized spacial score (nSPS) is 22.7. The van der Waals surface area contributed by atoms with Gasteiger partial charge in [0.2, 0.25) is 0 Å². The van der Waals surface area contributed by atoms with Crippen molar-refractivity contribution in [2.75, 3.05) is 12.9 Å². The van der Waals surface area contributed by atoms with Crippen LogP contribution in [-0.2, 0) is 4.74 Å². The molecule has 0 aliphatic carbocycles. The first kappa shape index (κ1) is 11.5. The molecule has 0 amide bonds. The molecule has 1 aliphatic rings. The molecule has 1 fully saturated rings. The molecule has 2 atom stereocenters. The average Bonchev–Trinajstić information content (AvgIpc) is 2.74. The minimum Gasteiger partial charge on any atom is -0.374 e. The Hall–Kier alpha value is -1.58. The van der Waals surface area contributed by atoms with Crippen LogP contribution < -0.4 is 0 Å². The van der Waals surface area contributed by atoms with Crippen LogP contribution in [0.1, 0.15) is 18.7 Å². The van der Waals surface area contributed by atoms with Crippen molar-refractivity contribution in [1.29, 1.82) is 5.26 Å². The van der Waals surface area contributed by atoms with E-state index in [9.17, 15) is 5.26 Å². The fourth-order valence-electron chi connectivity index (χ4n) is 2.17. The molecule has 92 valence electrons. The number of rotatable bonds is 2. The molecule has 6 heteroatoms. The molecule has 2 unspecified atom stereocenters. The second kappa shape index (κ2) is 4.26. The summed E-state index contributed by atoms with van der Waals surface area (Å²) < 4.78 is 7.37. The van der Waals surface area contributed by atoms with Gasteiger partial charge in [0.15, 0.2) is 5.16 Å². The predicted octanol–water partition coefficient (Wildman–Crippen LogP) is 1.98. The Kier molecular flexibility index (Phi) is 2.73. The topological polar surface area (TPSA) is 63.7 Å². The molecular weight excluding hydrogens is 248 g/mol. The molecule has 5 nitrogen and oxygen atoms in total. The van der Waals surface area contributed by atoms with Crippen LogP contribution in [0.15, 0.2) is 17.4 Å². The van der Waals surface area contributed by atoms with Crippen LogP contribution in [-0.4, -0.2) is 33.5 Å². The molecule has 1 aliphatic heterocycles. The van der Waals surface area contributed by atoms with E-state index in [4.69, 9.17) is 4.74 Å². The lowest BCUT2D eigenvalue weighted by Crippen LogP contribution is -2.39. The van der Waals surface area contributed by atoms with Gasteiger partial charge >= 0.3 is 0 Å². The molecule has 0 N–H and O–H groups in total. The molecule has 0 spiro atoms. The van der Waals surface area contributed by atoms with Gasteiger partial charge in [-0.05, 0) is 19.2 Å². The summed E-state index contributed by atoms with van der Waals surface area (Å²) in [6.45, 7) is 2.65. The zero-order chi connectivity index (χ0) is 12.7. The zero-order valence-electron chi connectivity index (χ0n) is 10.1. The lowest BCUT2D eigenvalue weighted by Gasteiger charge is -2.35. The largest absolute Gasteiger partial charge is 0.374 e. The monoisotopic (exact) mass is 260 g/mol. The predicted molar refractivity (Wildman–Crippen MR) is 68.5 cm³/mol. The van der Waals surface area contributed by atoms with Crippen LogP contribution in [0, 0.1) is 11.3 Å². The van der Waals surface area contributed by atoms with Gasteiger partial charge in [-0.25, -0.2) is 9.97 Å². The maximum Gasteiger partial charge on any atom is 0.189 e. The fourth-order valence-corrected chi connectivity index (χ4v) is 2.51. The molecule has 1 saturated heterocycles. The quantitative estimate of drug-likeness (QED) is 0.610. The number of fused-ring (bicyclic) bond motifs is 1. The molecule has 0 saturated carbocycles. The lowest BCUT2D eigenvalue weighted by atomic mass is 10.1. The Morgan fingerprint density at radius 3 is 3.00 bits per heavy atom. The minimum absolute atomic E-state index is 0.125. The number of thioether (sulfide) groups is 1. The second-order valence-electron chi connectivity index (χ2n) is 4.25. The van der Waals surface area contributed by atoms with Gasteiger partial charge in [0.1, 0.15) is 17.4 Å². The van der Waals surface area contributed by atoms with Gasteiger partial charge in [-0.3, -0.25) is 0 Å². The van der Waals surface area contributed by atoms with Crippen molar-refractivity contribution in [3.63, 3.8) is 0 Å². The minimum atomic E-state index is 0.125. The molecule has 0 aromatic carbocycles.